The third kappa shape index (κ3) is 2.38. The van der Waals surface area contributed by atoms with Gasteiger partial charge in [0.1, 0.15) is 0 Å². The number of likely N-dealkylation sites (tertiary alicyclic amines) is 1. The van der Waals surface area contributed by atoms with Gasteiger partial charge in [0.05, 0.1) is 12.2 Å². The van der Waals surface area contributed by atoms with Crippen LogP contribution in [0.5, 0.6) is 0 Å². The molecule has 84 valence electrons. The first-order chi connectivity index (χ1) is 7.19. The highest BCUT2D eigenvalue weighted by atomic mass is 16.5. The van der Waals surface area contributed by atoms with Gasteiger partial charge in [0.25, 0.3) is 0 Å². The Morgan fingerprint density at radius 3 is 2.67 bits per heavy atom. The summed E-state index contributed by atoms with van der Waals surface area (Å²) in [6.45, 7) is 8.23. The van der Waals surface area contributed by atoms with Crippen molar-refractivity contribution in [1.29, 1.82) is 0 Å². The molecule has 0 spiro atoms. The van der Waals surface area contributed by atoms with Gasteiger partial charge in [-0.25, -0.2) is 0 Å². The molecule has 2 atom stereocenters. The lowest BCUT2D eigenvalue weighted by molar-refractivity contribution is 0.264. The molecule has 0 saturated carbocycles. The summed E-state index contributed by atoms with van der Waals surface area (Å²) in [6, 6.07) is 1.95. The Morgan fingerprint density at radius 1 is 1.47 bits per heavy atom. The van der Waals surface area contributed by atoms with Gasteiger partial charge in [-0.1, -0.05) is 19.0 Å². The van der Waals surface area contributed by atoms with Crippen molar-refractivity contribution in [3.63, 3.8) is 0 Å². The normalized spacial score (nSPS) is 27.4. The predicted octanol–water partition coefficient (Wildman–Crippen LogP) is 1.22. The van der Waals surface area contributed by atoms with E-state index in [1.54, 1.807) is 0 Å². The molecule has 2 rings (SSSR count). The summed E-state index contributed by atoms with van der Waals surface area (Å²) in [5.74, 6) is 2.49. The first kappa shape index (κ1) is 10.6. The van der Waals surface area contributed by atoms with E-state index in [1.165, 1.54) is 0 Å². The van der Waals surface area contributed by atoms with Crippen LogP contribution in [0.2, 0.25) is 0 Å². The average Bonchev–Trinajstić information content (AvgIpc) is 2.76. The molecule has 0 bridgehead atoms. The molecular formula is C11H19N3O. The zero-order valence-electron chi connectivity index (χ0n) is 9.44. The molecule has 15 heavy (non-hydrogen) atoms. The lowest BCUT2D eigenvalue weighted by atomic mass is 10.0. The third-order valence-electron chi connectivity index (χ3n) is 3.26. The molecule has 1 aromatic heterocycles. The van der Waals surface area contributed by atoms with Crippen molar-refractivity contribution >= 4 is 0 Å². The van der Waals surface area contributed by atoms with Gasteiger partial charge in [0, 0.05) is 25.7 Å². The highest BCUT2D eigenvalue weighted by molar-refractivity contribution is 5.05. The number of hydrogen-bond acceptors (Lipinski definition) is 4. The molecule has 0 radical (unpaired) electrons. The van der Waals surface area contributed by atoms with E-state index < -0.39 is 0 Å². The smallest absolute Gasteiger partial charge is 0.151 e. The fourth-order valence-electron chi connectivity index (χ4n) is 2.12. The highest BCUT2D eigenvalue weighted by Crippen LogP contribution is 2.23. The monoisotopic (exact) mass is 209 g/mol. The minimum absolute atomic E-state index is 0.455. The molecule has 1 fully saturated rings. The quantitative estimate of drug-likeness (QED) is 0.813. The van der Waals surface area contributed by atoms with Crippen LogP contribution in [0.3, 0.4) is 0 Å². The van der Waals surface area contributed by atoms with Crippen LogP contribution in [0.1, 0.15) is 25.3 Å². The van der Waals surface area contributed by atoms with Gasteiger partial charge >= 0.3 is 0 Å². The van der Waals surface area contributed by atoms with Crippen LogP contribution >= 0.6 is 0 Å². The molecule has 1 saturated heterocycles. The van der Waals surface area contributed by atoms with Crippen molar-refractivity contribution in [2.24, 2.45) is 17.6 Å². The Kier molecular flexibility index (Phi) is 3.07. The zero-order chi connectivity index (χ0) is 10.8. The number of hydrogen-bond donors (Lipinski definition) is 1. The minimum atomic E-state index is 0.455. The number of aromatic nitrogens is 1. The van der Waals surface area contributed by atoms with Crippen LogP contribution in [0.4, 0.5) is 0 Å². The minimum Gasteiger partial charge on any atom is -0.360 e. The molecule has 1 aliphatic rings. The summed E-state index contributed by atoms with van der Waals surface area (Å²) in [6.07, 6.45) is 0. The van der Waals surface area contributed by atoms with Crippen molar-refractivity contribution in [3.05, 3.63) is 17.5 Å². The number of nitrogens with two attached hydrogens (primary N) is 1. The fourth-order valence-corrected chi connectivity index (χ4v) is 2.12. The summed E-state index contributed by atoms with van der Waals surface area (Å²) < 4.78 is 5.22. The SMILES string of the molecule is CC1CN(Cc2cc(CN)no2)CC1C. The molecule has 2 unspecified atom stereocenters. The first-order valence-electron chi connectivity index (χ1n) is 5.56. The Morgan fingerprint density at radius 2 is 2.13 bits per heavy atom. The predicted molar refractivity (Wildman–Crippen MR) is 58.0 cm³/mol. The van der Waals surface area contributed by atoms with Crippen molar-refractivity contribution in [3.8, 4) is 0 Å². The maximum absolute atomic E-state index is 5.48. The number of nitrogens with zero attached hydrogens (tertiary/aromatic N) is 2. The fraction of sp³-hybridized carbons (Fsp3) is 0.727. The van der Waals surface area contributed by atoms with Crippen LogP contribution in [0, 0.1) is 11.8 Å². The molecule has 2 heterocycles. The van der Waals surface area contributed by atoms with E-state index in [-0.39, 0.29) is 0 Å². The molecule has 0 aliphatic carbocycles. The highest BCUT2D eigenvalue weighted by Gasteiger charge is 2.26. The summed E-state index contributed by atoms with van der Waals surface area (Å²) >= 11 is 0. The second-order valence-electron chi connectivity index (χ2n) is 4.64. The van der Waals surface area contributed by atoms with Gasteiger partial charge in [-0.2, -0.15) is 0 Å². The second-order valence-corrected chi connectivity index (χ2v) is 4.64. The molecule has 0 aromatic carbocycles. The Labute approximate surface area is 90.4 Å². The summed E-state index contributed by atoms with van der Waals surface area (Å²) in [4.78, 5) is 2.41. The Bertz CT molecular complexity index is 313. The molecule has 2 N–H and O–H groups in total. The van der Waals surface area contributed by atoms with E-state index >= 15 is 0 Å². The maximum atomic E-state index is 5.48. The van der Waals surface area contributed by atoms with E-state index in [0.29, 0.717) is 6.54 Å². The van der Waals surface area contributed by atoms with Gasteiger partial charge in [-0.15, -0.1) is 0 Å². The van der Waals surface area contributed by atoms with Crippen LogP contribution in [-0.2, 0) is 13.1 Å². The lowest BCUT2D eigenvalue weighted by Gasteiger charge is -2.12. The van der Waals surface area contributed by atoms with Gasteiger partial charge in [0.15, 0.2) is 5.76 Å². The van der Waals surface area contributed by atoms with Crippen LogP contribution in [0.15, 0.2) is 10.6 Å². The zero-order valence-corrected chi connectivity index (χ0v) is 9.44. The summed E-state index contributed by atoms with van der Waals surface area (Å²) in [5.41, 5.74) is 6.32. The van der Waals surface area contributed by atoms with Gasteiger partial charge in [-0.05, 0) is 11.8 Å². The van der Waals surface area contributed by atoms with E-state index in [9.17, 15) is 0 Å². The van der Waals surface area contributed by atoms with Crippen molar-refractivity contribution in [1.82, 2.24) is 10.1 Å². The summed E-state index contributed by atoms with van der Waals surface area (Å²) in [7, 11) is 0. The maximum Gasteiger partial charge on any atom is 0.151 e. The van der Waals surface area contributed by atoms with Crippen LogP contribution < -0.4 is 5.73 Å². The molecular weight excluding hydrogens is 190 g/mol. The van der Waals surface area contributed by atoms with Crippen molar-refractivity contribution in [2.45, 2.75) is 26.9 Å². The topological polar surface area (TPSA) is 55.3 Å². The van der Waals surface area contributed by atoms with Crippen molar-refractivity contribution in [2.75, 3.05) is 13.1 Å². The van der Waals surface area contributed by atoms with Gasteiger partial charge < -0.3 is 10.3 Å². The van der Waals surface area contributed by atoms with Crippen LogP contribution in [0.25, 0.3) is 0 Å². The molecule has 4 nitrogen and oxygen atoms in total. The Hall–Kier alpha value is -0.870. The first-order valence-corrected chi connectivity index (χ1v) is 5.56. The van der Waals surface area contributed by atoms with Crippen LogP contribution in [-0.4, -0.2) is 23.1 Å². The van der Waals surface area contributed by atoms with E-state index in [4.69, 9.17) is 10.3 Å². The summed E-state index contributed by atoms with van der Waals surface area (Å²) in [5, 5.41) is 3.89. The number of rotatable bonds is 3. The average molecular weight is 209 g/mol. The molecule has 0 amide bonds. The molecule has 4 heteroatoms. The standard InChI is InChI=1S/C11H19N3O/c1-8-5-14(6-9(8)2)7-11-3-10(4-12)13-15-11/h3,8-9H,4-7,12H2,1-2H3. The molecule has 1 aromatic rings. The van der Waals surface area contributed by atoms with E-state index in [1.807, 2.05) is 6.07 Å². The second kappa shape index (κ2) is 4.33. The largest absolute Gasteiger partial charge is 0.360 e. The third-order valence-corrected chi connectivity index (χ3v) is 3.26. The lowest BCUT2D eigenvalue weighted by Crippen LogP contribution is -2.19. The van der Waals surface area contributed by atoms with E-state index in [0.717, 1.165) is 42.9 Å². The Balaban J connectivity index is 1.92. The molecule has 1 aliphatic heterocycles. The van der Waals surface area contributed by atoms with Gasteiger partial charge in [0.2, 0.25) is 0 Å². The van der Waals surface area contributed by atoms with E-state index in [2.05, 4.69) is 23.9 Å². The van der Waals surface area contributed by atoms with Crippen molar-refractivity contribution < 1.29 is 4.52 Å². The van der Waals surface area contributed by atoms with Gasteiger partial charge in [-0.3, -0.25) is 4.90 Å².